The molecule has 0 amide bonds. The summed E-state index contributed by atoms with van der Waals surface area (Å²) in [7, 11) is 0. The Labute approximate surface area is 143 Å². The normalized spacial score (nSPS) is 21.3. The minimum atomic E-state index is -4.38. The second-order valence-corrected chi connectivity index (χ2v) is 6.81. The molecule has 25 heavy (non-hydrogen) atoms. The van der Waals surface area contributed by atoms with Gasteiger partial charge in [-0.05, 0) is 60.4 Å². The van der Waals surface area contributed by atoms with E-state index in [9.17, 15) is 18.0 Å². The van der Waals surface area contributed by atoms with Crippen molar-refractivity contribution in [2.75, 3.05) is 5.32 Å². The van der Waals surface area contributed by atoms with Crippen LogP contribution in [0, 0.1) is 0 Å². The van der Waals surface area contributed by atoms with Crippen LogP contribution in [0.1, 0.15) is 65.2 Å². The first kappa shape index (κ1) is 16.1. The monoisotopic (exact) mass is 346 g/mol. The summed E-state index contributed by atoms with van der Waals surface area (Å²) in [5.41, 5.74) is 2.97. The molecule has 6 heteroatoms. The number of benzene rings is 1. The van der Waals surface area contributed by atoms with Gasteiger partial charge in [0.15, 0.2) is 5.78 Å². The third-order valence-electron chi connectivity index (χ3n) is 5.21. The molecule has 0 radical (unpaired) electrons. The van der Waals surface area contributed by atoms with Gasteiger partial charge in [-0.25, -0.2) is 0 Å². The lowest BCUT2D eigenvalue weighted by atomic mass is 9.89. The quantitative estimate of drug-likeness (QED) is 0.756. The topological polar surface area (TPSA) is 42.0 Å². The summed E-state index contributed by atoms with van der Waals surface area (Å²) >= 11 is 0. The number of pyridine rings is 1. The molecule has 4 rings (SSSR count). The van der Waals surface area contributed by atoms with Gasteiger partial charge in [-0.3, -0.25) is 9.78 Å². The maximum Gasteiger partial charge on any atom is 0.416 e. The number of halogens is 3. The number of hydrogen-bond donors (Lipinski definition) is 1. The molecule has 1 fully saturated rings. The zero-order chi connectivity index (χ0) is 17.8. The number of carbonyl (C=O) groups is 1. The van der Waals surface area contributed by atoms with Crippen LogP contribution in [0.25, 0.3) is 0 Å². The van der Waals surface area contributed by atoms with Crippen LogP contribution in [-0.4, -0.2) is 10.8 Å². The van der Waals surface area contributed by atoms with E-state index in [0.717, 1.165) is 42.5 Å². The number of hydrogen-bond acceptors (Lipinski definition) is 3. The predicted molar refractivity (Wildman–Crippen MR) is 88.3 cm³/mol. The fraction of sp³-hybridized carbons (Fsp3) is 0.368. The Morgan fingerprint density at radius 2 is 1.92 bits per heavy atom. The Bertz CT molecular complexity index is 860. The van der Waals surface area contributed by atoms with Crippen molar-refractivity contribution in [2.24, 2.45) is 0 Å². The van der Waals surface area contributed by atoms with E-state index < -0.39 is 11.7 Å². The van der Waals surface area contributed by atoms with E-state index in [-0.39, 0.29) is 5.78 Å². The highest BCUT2D eigenvalue weighted by molar-refractivity contribution is 5.95. The van der Waals surface area contributed by atoms with Gasteiger partial charge in [-0.15, -0.1) is 0 Å². The van der Waals surface area contributed by atoms with Crippen molar-refractivity contribution >= 4 is 17.2 Å². The van der Waals surface area contributed by atoms with Gasteiger partial charge >= 0.3 is 6.18 Å². The Hall–Kier alpha value is -2.37. The standard InChI is InChI=1S/C19H17F3N2O/c1-10(25)18-17-12-6-5-11(7-12)16(17)15(9-23-18)24-14-4-2-3-13(8-14)19(20,21)22/h2-4,8-9,11-12,24H,5-7H2,1H3. The molecular formula is C19H17F3N2O. The maximum atomic E-state index is 12.9. The fourth-order valence-electron chi connectivity index (χ4n) is 4.21. The van der Waals surface area contributed by atoms with Crippen molar-refractivity contribution in [3.8, 4) is 0 Å². The summed E-state index contributed by atoms with van der Waals surface area (Å²) < 4.78 is 38.7. The van der Waals surface area contributed by atoms with Crippen molar-refractivity contribution in [1.29, 1.82) is 0 Å². The van der Waals surface area contributed by atoms with Crippen LogP contribution in [0.4, 0.5) is 24.5 Å². The average Bonchev–Trinajstić information content (AvgIpc) is 3.16. The number of aromatic nitrogens is 1. The zero-order valence-corrected chi connectivity index (χ0v) is 13.7. The first-order chi connectivity index (χ1) is 11.8. The number of Topliss-reactive ketones (excluding diaryl/α,β-unsaturated/α-hetero) is 1. The smallest absolute Gasteiger partial charge is 0.354 e. The average molecular weight is 346 g/mol. The molecule has 0 spiro atoms. The number of nitrogens with one attached hydrogen (secondary N) is 1. The molecule has 3 nitrogen and oxygen atoms in total. The molecule has 2 atom stereocenters. The van der Waals surface area contributed by atoms with Crippen LogP contribution in [0.2, 0.25) is 0 Å². The van der Waals surface area contributed by atoms with E-state index in [1.807, 2.05) is 0 Å². The van der Waals surface area contributed by atoms with Crippen molar-refractivity contribution in [1.82, 2.24) is 4.98 Å². The molecule has 2 unspecified atom stereocenters. The van der Waals surface area contributed by atoms with Crippen LogP contribution in [0.3, 0.4) is 0 Å². The predicted octanol–water partition coefficient (Wildman–Crippen LogP) is 5.41. The largest absolute Gasteiger partial charge is 0.416 e. The minimum absolute atomic E-state index is 0.0607. The van der Waals surface area contributed by atoms with Crippen molar-refractivity contribution in [2.45, 2.75) is 44.2 Å². The van der Waals surface area contributed by atoms with E-state index in [1.165, 1.54) is 13.0 Å². The van der Waals surface area contributed by atoms with Crippen molar-refractivity contribution in [3.05, 3.63) is 52.8 Å². The van der Waals surface area contributed by atoms with Gasteiger partial charge in [-0.2, -0.15) is 13.2 Å². The van der Waals surface area contributed by atoms with E-state index in [1.54, 1.807) is 12.3 Å². The molecule has 1 N–H and O–H groups in total. The van der Waals surface area contributed by atoms with E-state index in [2.05, 4.69) is 10.3 Å². The van der Waals surface area contributed by atoms with Crippen LogP contribution in [-0.2, 0) is 6.18 Å². The van der Waals surface area contributed by atoms with Gasteiger partial charge in [0.05, 0.1) is 17.4 Å². The molecule has 130 valence electrons. The molecule has 2 aliphatic rings. The summed E-state index contributed by atoms with van der Waals surface area (Å²) in [5, 5.41) is 3.09. The zero-order valence-electron chi connectivity index (χ0n) is 13.7. The Morgan fingerprint density at radius 3 is 2.60 bits per heavy atom. The summed E-state index contributed by atoms with van der Waals surface area (Å²) in [6, 6.07) is 5.13. The highest BCUT2D eigenvalue weighted by Gasteiger charge is 2.41. The van der Waals surface area contributed by atoms with Gasteiger partial charge < -0.3 is 5.32 Å². The number of fused-ring (bicyclic) bond motifs is 5. The number of alkyl halides is 3. The molecule has 1 heterocycles. The maximum absolute atomic E-state index is 12.9. The number of carbonyl (C=O) groups excluding carboxylic acids is 1. The number of nitrogens with zero attached hydrogens (tertiary/aromatic N) is 1. The number of anilines is 2. The molecule has 0 saturated heterocycles. The first-order valence-corrected chi connectivity index (χ1v) is 8.32. The molecule has 2 aromatic rings. The number of rotatable bonds is 3. The Balaban J connectivity index is 1.75. The van der Waals surface area contributed by atoms with Gasteiger partial charge in [0.25, 0.3) is 0 Å². The first-order valence-electron chi connectivity index (χ1n) is 8.32. The van der Waals surface area contributed by atoms with Crippen LogP contribution >= 0.6 is 0 Å². The van der Waals surface area contributed by atoms with Crippen molar-refractivity contribution < 1.29 is 18.0 Å². The molecule has 1 aromatic carbocycles. The van der Waals surface area contributed by atoms with Gasteiger partial charge in [0.1, 0.15) is 5.69 Å². The molecule has 2 aliphatic carbocycles. The van der Waals surface area contributed by atoms with E-state index >= 15 is 0 Å². The summed E-state index contributed by atoms with van der Waals surface area (Å²) in [5.74, 6) is 0.637. The molecular weight excluding hydrogens is 329 g/mol. The third-order valence-corrected chi connectivity index (χ3v) is 5.21. The minimum Gasteiger partial charge on any atom is -0.354 e. The van der Waals surface area contributed by atoms with E-state index in [4.69, 9.17) is 0 Å². The van der Waals surface area contributed by atoms with Gasteiger partial charge in [0.2, 0.25) is 0 Å². The van der Waals surface area contributed by atoms with Crippen LogP contribution < -0.4 is 5.32 Å². The lowest BCUT2D eigenvalue weighted by Gasteiger charge is -2.21. The molecule has 2 bridgehead atoms. The van der Waals surface area contributed by atoms with Crippen molar-refractivity contribution in [3.63, 3.8) is 0 Å². The van der Waals surface area contributed by atoms with Gasteiger partial charge in [0, 0.05) is 12.6 Å². The van der Waals surface area contributed by atoms with Crippen LogP contribution in [0.5, 0.6) is 0 Å². The SMILES string of the molecule is CC(=O)c1ncc(Nc2cccc(C(F)(F)F)c2)c2c1C1CCC2C1. The highest BCUT2D eigenvalue weighted by Crippen LogP contribution is 2.56. The summed E-state index contributed by atoms with van der Waals surface area (Å²) in [6.45, 7) is 1.51. The molecule has 1 aromatic heterocycles. The Kier molecular flexibility index (Phi) is 3.60. The van der Waals surface area contributed by atoms with Crippen LogP contribution in [0.15, 0.2) is 30.5 Å². The fourth-order valence-corrected chi connectivity index (χ4v) is 4.21. The second kappa shape index (κ2) is 5.58. The Morgan fingerprint density at radius 1 is 1.20 bits per heavy atom. The summed E-state index contributed by atoms with van der Waals surface area (Å²) in [4.78, 5) is 16.2. The summed E-state index contributed by atoms with van der Waals surface area (Å²) in [6.07, 6.45) is 0.299. The molecule has 0 aliphatic heterocycles. The lowest BCUT2D eigenvalue weighted by Crippen LogP contribution is -2.11. The second-order valence-electron chi connectivity index (χ2n) is 6.81. The number of ketones is 1. The van der Waals surface area contributed by atoms with E-state index in [0.29, 0.717) is 28.9 Å². The lowest BCUT2D eigenvalue weighted by molar-refractivity contribution is -0.137. The van der Waals surface area contributed by atoms with Gasteiger partial charge in [-0.1, -0.05) is 6.07 Å². The highest BCUT2D eigenvalue weighted by atomic mass is 19.4. The molecule has 1 saturated carbocycles. The third kappa shape index (κ3) is 2.69.